The Kier molecular flexibility index (Phi) is 1.82. The highest BCUT2D eigenvalue weighted by Gasteiger charge is 2.07. The van der Waals surface area contributed by atoms with Crippen LogP contribution in [0, 0.1) is 17.1 Å². The number of nitrogens with zero attached hydrogens (tertiary/aromatic N) is 1. The fourth-order valence-corrected chi connectivity index (χ4v) is 1.65. The van der Waals surface area contributed by atoms with Gasteiger partial charge in [-0.05, 0) is 28.1 Å². The molecule has 2 aromatic rings. The lowest BCUT2D eigenvalue weighted by atomic mass is 10.2. The number of hydrogen-bond donors (Lipinski definition) is 1. The second-order valence-corrected chi connectivity index (χ2v) is 3.48. The second kappa shape index (κ2) is 2.86. The summed E-state index contributed by atoms with van der Waals surface area (Å²) in [4.78, 5) is 2.78. The zero-order valence-electron chi connectivity index (χ0n) is 6.44. The molecule has 1 heterocycles. The molecular weight excluding hydrogens is 235 g/mol. The van der Waals surface area contributed by atoms with Crippen LogP contribution >= 0.6 is 15.9 Å². The quantitative estimate of drug-likeness (QED) is 0.754. The lowest BCUT2D eigenvalue weighted by Gasteiger charge is -1.94. The van der Waals surface area contributed by atoms with Crippen molar-refractivity contribution in [2.45, 2.75) is 0 Å². The molecule has 1 N–H and O–H groups in total. The molecule has 2 nitrogen and oxygen atoms in total. The summed E-state index contributed by atoms with van der Waals surface area (Å²) in [5.74, 6) is -0.403. The zero-order chi connectivity index (χ0) is 9.42. The molecule has 0 bridgehead atoms. The van der Waals surface area contributed by atoms with Crippen LogP contribution < -0.4 is 0 Å². The summed E-state index contributed by atoms with van der Waals surface area (Å²) in [6.07, 6.45) is 1.65. The highest BCUT2D eigenvalue weighted by molar-refractivity contribution is 9.10. The van der Waals surface area contributed by atoms with Crippen molar-refractivity contribution < 1.29 is 4.39 Å². The SMILES string of the molecule is N#Cc1cc(F)c2[nH]cc(Br)c2c1. The summed E-state index contributed by atoms with van der Waals surface area (Å²) < 4.78 is 14.0. The van der Waals surface area contributed by atoms with Gasteiger partial charge in [0.25, 0.3) is 0 Å². The minimum atomic E-state index is -0.403. The molecule has 0 aliphatic rings. The van der Waals surface area contributed by atoms with Gasteiger partial charge in [-0.3, -0.25) is 0 Å². The third-order valence-electron chi connectivity index (χ3n) is 1.82. The largest absolute Gasteiger partial charge is 0.358 e. The van der Waals surface area contributed by atoms with E-state index in [0.29, 0.717) is 16.5 Å². The van der Waals surface area contributed by atoms with Crippen molar-refractivity contribution in [1.29, 1.82) is 5.26 Å². The molecule has 1 aromatic heterocycles. The van der Waals surface area contributed by atoms with Crippen molar-refractivity contribution in [3.63, 3.8) is 0 Å². The molecule has 1 aromatic carbocycles. The molecule has 0 unspecified atom stereocenters. The first kappa shape index (κ1) is 8.27. The summed E-state index contributed by atoms with van der Waals surface area (Å²) in [7, 11) is 0. The van der Waals surface area contributed by atoms with Gasteiger partial charge in [0.05, 0.1) is 17.1 Å². The standard InChI is InChI=1S/C9H4BrFN2/c10-7-4-13-9-6(7)1-5(3-12)2-8(9)11/h1-2,4,13H. The Morgan fingerprint density at radius 3 is 2.92 bits per heavy atom. The van der Waals surface area contributed by atoms with Gasteiger partial charge in [0, 0.05) is 16.1 Å². The van der Waals surface area contributed by atoms with E-state index < -0.39 is 5.82 Å². The average Bonchev–Trinajstić information content (AvgIpc) is 2.48. The van der Waals surface area contributed by atoms with Crippen molar-refractivity contribution in [2.75, 3.05) is 0 Å². The molecule has 0 aliphatic heterocycles. The van der Waals surface area contributed by atoms with Crippen molar-refractivity contribution in [3.8, 4) is 6.07 Å². The van der Waals surface area contributed by atoms with Gasteiger partial charge in [0.2, 0.25) is 0 Å². The monoisotopic (exact) mass is 238 g/mol. The van der Waals surface area contributed by atoms with E-state index >= 15 is 0 Å². The Hall–Kier alpha value is -1.34. The van der Waals surface area contributed by atoms with Crippen LogP contribution in [0.5, 0.6) is 0 Å². The molecule has 13 heavy (non-hydrogen) atoms. The Bertz CT molecular complexity index is 510. The van der Waals surface area contributed by atoms with Crippen molar-refractivity contribution in [1.82, 2.24) is 4.98 Å². The summed E-state index contributed by atoms with van der Waals surface area (Å²) in [5, 5.41) is 9.30. The number of H-pyrrole nitrogens is 1. The van der Waals surface area contributed by atoms with E-state index in [9.17, 15) is 4.39 Å². The molecule has 0 saturated carbocycles. The molecular formula is C9H4BrFN2. The Balaban J connectivity index is 2.90. The van der Waals surface area contributed by atoms with Gasteiger partial charge in [-0.1, -0.05) is 0 Å². The van der Waals surface area contributed by atoms with Crippen LogP contribution in [0.15, 0.2) is 22.8 Å². The van der Waals surface area contributed by atoms with Gasteiger partial charge in [-0.15, -0.1) is 0 Å². The van der Waals surface area contributed by atoms with Gasteiger partial charge >= 0.3 is 0 Å². The minimum Gasteiger partial charge on any atom is -0.358 e. The Labute approximate surface area is 82.1 Å². The molecule has 64 valence electrons. The third kappa shape index (κ3) is 1.21. The van der Waals surface area contributed by atoms with Gasteiger partial charge in [0.15, 0.2) is 0 Å². The summed E-state index contributed by atoms with van der Waals surface area (Å²) in [6, 6.07) is 4.75. The van der Waals surface area contributed by atoms with Crippen molar-refractivity contribution in [2.24, 2.45) is 0 Å². The molecule has 0 aliphatic carbocycles. The number of fused-ring (bicyclic) bond motifs is 1. The molecule has 0 radical (unpaired) electrons. The molecule has 0 saturated heterocycles. The minimum absolute atomic E-state index is 0.324. The lowest BCUT2D eigenvalue weighted by molar-refractivity contribution is 0.637. The molecule has 4 heteroatoms. The van der Waals surface area contributed by atoms with Crippen LogP contribution in [0.3, 0.4) is 0 Å². The molecule has 0 fully saturated rings. The highest BCUT2D eigenvalue weighted by atomic mass is 79.9. The first-order chi connectivity index (χ1) is 6.22. The van der Waals surface area contributed by atoms with Gasteiger partial charge in [-0.25, -0.2) is 4.39 Å². The summed E-state index contributed by atoms with van der Waals surface area (Å²) in [5.41, 5.74) is 0.746. The van der Waals surface area contributed by atoms with Crippen LogP contribution in [0.1, 0.15) is 5.56 Å². The first-order valence-corrected chi connectivity index (χ1v) is 4.38. The van der Waals surface area contributed by atoms with Crippen LogP contribution in [0.25, 0.3) is 10.9 Å². The summed E-state index contributed by atoms with van der Waals surface area (Å²) in [6.45, 7) is 0. The predicted octanol–water partition coefficient (Wildman–Crippen LogP) is 2.94. The average molecular weight is 239 g/mol. The van der Waals surface area contributed by atoms with Crippen LogP contribution in [0.2, 0.25) is 0 Å². The number of nitrogens with one attached hydrogen (secondary N) is 1. The number of aromatic amines is 1. The van der Waals surface area contributed by atoms with Crippen LogP contribution in [-0.4, -0.2) is 4.98 Å². The fourth-order valence-electron chi connectivity index (χ4n) is 1.22. The van der Waals surface area contributed by atoms with Gasteiger partial charge in [0.1, 0.15) is 5.82 Å². The summed E-state index contributed by atoms with van der Waals surface area (Å²) >= 11 is 3.26. The number of hydrogen-bond acceptors (Lipinski definition) is 1. The predicted molar refractivity (Wildman–Crippen MR) is 50.7 cm³/mol. The number of nitriles is 1. The molecule has 0 spiro atoms. The van der Waals surface area contributed by atoms with E-state index in [1.165, 1.54) is 6.07 Å². The molecule has 2 rings (SSSR count). The van der Waals surface area contributed by atoms with E-state index in [4.69, 9.17) is 5.26 Å². The maximum atomic E-state index is 13.2. The van der Waals surface area contributed by atoms with E-state index in [1.54, 1.807) is 12.3 Å². The molecule has 0 amide bonds. The Morgan fingerprint density at radius 2 is 2.23 bits per heavy atom. The molecule has 0 atom stereocenters. The topological polar surface area (TPSA) is 39.6 Å². The number of rotatable bonds is 0. The maximum absolute atomic E-state index is 13.2. The maximum Gasteiger partial charge on any atom is 0.148 e. The van der Waals surface area contributed by atoms with E-state index in [0.717, 1.165) is 4.47 Å². The van der Waals surface area contributed by atoms with Crippen LogP contribution in [0.4, 0.5) is 4.39 Å². The third-order valence-corrected chi connectivity index (χ3v) is 2.48. The fraction of sp³-hybridized carbons (Fsp3) is 0. The van der Waals surface area contributed by atoms with E-state index in [2.05, 4.69) is 20.9 Å². The zero-order valence-corrected chi connectivity index (χ0v) is 8.02. The highest BCUT2D eigenvalue weighted by Crippen LogP contribution is 2.26. The van der Waals surface area contributed by atoms with E-state index in [-0.39, 0.29) is 0 Å². The first-order valence-electron chi connectivity index (χ1n) is 3.58. The van der Waals surface area contributed by atoms with Gasteiger partial charge in [-0.2, -0.15) is 5.26 Å². The van der Waals surface area contributed by atoms with Crippen molar-refractivity contribution in [3.05, 3.63) is 34.2 Å². The number of aromatic nitrogens is 1. The second-order valence-electron chi connectivity index (χ2n) is 2.63. The smallest absolute Gasteiger partial charge is 0.148 e. The Morgan fingerprint density at radius 1 is 1.46 bits per heavy atom. The number of halogens is 2. The van der Waals surface area contributed by atoms with Gasteiger partial charge < -0.3 is 4.98 Å². The van der Waals surface area contributed by atoms with Crippen LogP contribution in [-0.2, 0) is 0 Å². The lowest BCUT2D eigenvalue weighted by Crippen LogP contribution is -1.81. The van der Waals surface area contributed by atoms with Crippen molar-refractivity contribution >= 4 is 26.8 Å². The van der Waals surface area contributed by atoms with E-state index in [1.807, 2.05) is 6.07 Å². The normalized spacial score (nSPS) is 10.2. The number of benzene rings is 1.